The number of nitrogens with two attached hydrogens (primary N) is 1. The van der Waals surface area contributed by atoms with Crippen LogP contribution in [0.2, 0.25) is 0 Å². The van der Waals surface area contributed by atoms with Crippen LogP contribution in [0.1, 0.15) is 34.0 Å². The van der Waals surface area contributed by atoms with Crippen molar-refractivity contribution in [2.75, 3.05) is 26.5 Å². The number of aliphatic hydroxyl groups is 1. The summed E-state index contributed by atoms with van der Waals surface area (Å²) in [6, 6.07) is 18.4. The second-order valence-corrected chi connectivity index (χ2v) is 9.55. The molecule has 3 aromatic carbocycles. The first-order valence-electron chi connectivity index (χ1n) is 12.3. The lowest BCUT2D eigenvalue weighted by Gasteiger charge is -2.41. The fourth-order valence-corrected chi connectivity index (χ4v) is 5.78. The van der Waals surface area contributed by atoms with Crippen LogP contribution in [0.3, 0.4) is 0 Å². The minimum absolute atomic E-state index is 0.0341. The molecule has 6 rings (SSSR count). The van der Waals surface area contributed by atoms with Gasteiger partial charge < -0.3 is 29.6 Å². The fraction of sp³-hybridized carbons (Fsp3) is 0.310. The maximum absolute atomic E-state index is 10.2. The zero-order valence-corrected chi connectivity index (χ0v) is 20.7. The van der Waals surface area contributed by atoms with Gasteiger partial charge in [-0.05, 0) is 77.6 Å². The predicted molar refractivity (Wildman–Crippen MR) is 139 cm³/mol. The van der Waals surface area contributed by atoms with Gasteiger partial charge in [-0.15, -0.1) is 0 Å². The summed E-state index contributed by atoms with van der Waals surface area (Å²) in [5.74, 6) is 2.34. The van der Waals surface area contributed by atoms with E-state index in [-0.39, 0.29) is 12.8 Å². The van der Waals surface area contributed by atoms with Crippen molar-refractivity contribution in [1.29, 1.82) is 0 Å². The van der Waals surface area contributed by atoms with Gasteiger partial charge in [-0.3, -0.25) is 4.90 Å². The normalized spacial score (nSPS) is 16.8. The van der Waals surface area contributed by atoms with Crippen molar-refractivity contribution in [3.05, 3.63) is 82.5 Å². The first-order valence-corrected chi connectivity index (χ1v) is 12.3. The third kappa shape index (κ3) is 3.75. The zero-order chi connectivity index (χ0) is 24.8. The molecule has 0 fully saturated rings. The predicted octanol–water partition coefficient (Wildman–Crippen LogP) is 4.43. The van der Waals surface area contributed by atoms with E-state index in [4.69, 9.17) is 19.9 Å². The zero-order valence-electron chi connectivity index (χ0n) is 20.7. The van der Waals surface area contributed by atoms with E-state index in [1.807, 2.05) is 41.0 Å². The second-order valence-electron chi connectivity index (χ2n) is 9.55. The quantitative estimate of drug-likeness (QED) is 0.394. The lowest BCUT2D eigenvalue weighted by Crippen LogP contribution is -2.39. The Labute approximate surface area is 210 Å². The van der Waals surface area contributed by atoms with E-state index in [2.05, 4.69) is 23.1 Å². The molecule has 0 spiro atoms. The maximum atomic E-state index is 10.2. The van der Waals surface area contributed by atoms with Crippen molar-refractivity contribution < 1.29 is 19.3 Å². The van der Waals surface area contributed by atoms with Crippen molar-refractivity contribution in [2.24, 2.45) is 0 Å². The molecular formula is C29H31N3O4. The van der Waals surface area contributed by atoms with Crippen molar-refractivity contribution >= 4 is 16.6 Å². The van der Waals surface area contributed by atoms with E-state index in [0.29, 0.717) is 6.61 Å². The molecular weight excluding hydrogens is 454 g/mol. The third-order valence-corrected chi connectivity index (χ3v) is 7.65. The SMILES string of the molecule is COc1ccc2c(c1)c1c(n2CO)CN2CCc3cc(OC)c(OCc4ccc(N)cc4)cc3C2C1. The number of anilines is 1. The van der Waals surface area contributed by atoms with Crippen LogP contribution in [0.15, 0.2) is 54.6 Å². The van der Waals surface area contributed by atoms with Crippen LogP contribution in [-0.4, -0.2) is 35.3 Å². The minimum atomic E-state index is -0.0341. The average molecular weight is 486 g/mol. The second kappa shape index (κ2) is 9.08. The number of nitrogens with zero attached hydrogens (tertiary/aromatic N) is 2. The van der Waals surface area contributed by atoms with Crippen LogP contribution in [-0.2, 0) is 32.7 Å². The molecule has 1 unspecified atom stereocenters. The van der Waals surface area contributed by atoms with Crippen LogP contribution in [0.5, 0.6) is 17.2 Å². The molecule has 2 aliphatic rings. The smallest absolute Gasteiger partial charge is 0.162 e. The lowest BCUT2D eigenvalue weighted by atomic mass is 9.85. The van der Waals surface area contributed by atoms with Gasteiger partial charge in [-0.1, -0.05) is 12.1 Å². The Morgan fingerprint density at radius 3 is 2.58 bits per heavy atom. The molecule has 1 aromatic heterocycles. The molecule has 0 bridgehead atoms. The molecule has 0 aliphatic carbocycles. The Morgan fingerprint density at radius 1 is 1.00 bits per heavy atom. The summed E-state index contributed by atoms with van der Waals surface area (Å²) in [4.78, 5) is 2.52. The number of nitrogen functional groups attached to an aromatic ring is 1. The molecule has 0 saturated carbocycles. The Morgan fingerprint density at radius 2 is 1.83 bits per heavy atom. The van der Waals surface area contributed by atoms with E-state index >= 15 is 0 Å². The number of fused-ring (bicyclic) bond motifs is 6. The molecule has 7 heteroatoms. The highest BCUT2D eigenvalue weighted by atomic mass is 16.5. The number of rotatable bonds is 6. The van der Waals surface area contributed by atoms with Crippen molar-refractivity contribution in [3.63, 3.8) is 0 Å². The van der Waals surface area contributed by atoms with Gasteiger partial charge in [0, 0.05) is 35.9 Å². The first kappa shape index (κ1) is 22.8. The number of methoxy groups -OCH3 is 2. The average Bonchev–Trinajstić information content (AvgIpc) is 3.22. The van der Waals surface area contributed by atoms with Gasteiger partial charge >= 0.3 is 0 Å². The summed E-state index contributed by atoms with van der Waals surface area (Å²) in [6.07, 6.45) is 1.81. The Hall–Kier alpha value is -3.68. The van der Waals surface area contributed by atoms with Crippen LogP contribution in [0.4, 0.5) is 5.69 Å². The van der Waals surface area contributed by atoms with Gasteiger partial charge in [0.05, 0.1) is 19.7 Å². The van der Waals surface area contributed by atoms with Gasteiger partial charge in [0.1, 0.15) is 19.1 Å². The van der Waals surface area contributed by atoms with Gasteiger partial charge in [0.25, 0.3) is 0 Å². The van der Waals surface area contributed by atoms with Crippen LogP contribution in [0.25, 0.3) is 10.9 Å². The number of hydrogen-bond acceptors (Lipinski definition) is 6. The molecule has 36 heavy (non-hydrogen) atoms. The first-order chi connectivity index (χ1) is 17.6. The topological polar surface area (TPSA) is 82.1 Å². The van der Waals surface area contributed by atoms with E-state index in [0.717, 1.165) is 65.3 Å². The lowest BCUT2D eigenvalue weighted by molar-refractivity contribution is 0.145. The highest BCUT2D eigenvalue weighted by Crippen LogP contribution is 2.45. The molecule has 1 atom stereocenters. The molecule has 0 amide bonds. The van der Waals surface area contributed by atoms with Crippen molar-refractivity contribution in [2.45, 2.75) is 38.8 Å². The Balaban J connectivity index is 1.37. The Kier molecular flexibility index (Phi) is 5.74. The van der Waals surface area contributed by atoms with Crippen LogP contribution >= 0.6 is 0 Å². The number of benzene rings is 3. The summed E-state index contributed by atoms with van der Waals surface area (Å²) < 4.78 is 19.5. The molecule has 0 radical (unpaired) electrons. The summed E-state index contributed by atoms with van der Waals surface area (Å²) >= 11 is 0. The van der Waals surface area contributed by atoms with E-state index in [1.165, 1.54) is 22.4 Å². The minimum Gasteiger partial charge on any atom is -0.497 e. The molecule has 3 N–H and O–H groups in total. The van der Waals surface area contributed by atoms with Crippen LogP contribution < -0.4 is 19.9 Å². The van der Waals surface area contributed by atoms with Gasteiger partial charge in [0.2, 0.25) is 0 Å². The largest absolute Gasteiger partial charge is 0.497 e. The van der Waals surface area contributed by atoms with Crippen molar-refractivity contribution in [1.82, 2.24) is 9.47 Å². The molecule has 3 heterocycles. The van der Waals surface area contributed by atoms with E-state index in [9.17, 15) is 5.11 Å². The molecule has 186 valence electrons. The number of aliphatic hydroxyl groups excluding tert-OH is 1. The van der Waals surface area contributed by atoms with Gasteiger partial charge in [-0.2, -0.15) is 0 Å². The molecule has 4 aromatic rings. The van der Waals surface area contributed by atoms with Gasteiger partial charge in [-0.25, -0.2) is 0 Å². The van der Waals surface area contributed by atoms with Crippen LogP contribution in [0, 0.1) is 0 Å². The third-order valence-electron chi connectivity index (χ3n) is 7.65. The van der Waals surface area contributed by atoms with Crippen molar-refractivity contribution in [3.8, 4) is 17.2 Å². The van der Waals surface area contributed by atoms with E-state index < -0.39 is 0 Å². The highest BCUT2D eigenvalue weighted by Gasteiger charge is 2.36. The van der Waals surface area contributed by atoms with E-state index in [1.54, 1.807) is 14.2 Å². The number of hydrogen-bond donors (Lipinski definition) is 2. The standard InChI is InChI=1S/C29H31N3O4/c1-34-21-7-8-25-23(12-21)24-13-26-22-14-29(36-16-18-3-5-20(30)6-4-18)28(35-2)11-19(22)9-10-31(26)15-27(24)32(25)17-33/h3-8,11-12,14,26,33H,9-10,13,15-17,30H2,1-2H3. The summed E-state index contributed by atoms with van der Waals surface area (Å²) in [5, 5.41) is 11.4. The Bertz CT molecular complexity index is 1430. The highest BCUT2D eigenvalue weighted by molar-refractivity contribution is 5.87. The number of aromatic nitrogens is 1. The summed E-state index contributed by atoms with van der Waals surface area (Å²) in [6.45, 7) is 2.16. The number of ether oxygens (including phenoxy) is 3. The summed E-state index contributed by atoms with van der Waals surface area (Å²) in [5.41, 5.74) is 13.7. The maximum Gasteiger partial charge on any atom is 0.162 e. The monoisotopic (exact) mass is 485 g/mol. The molecule has 2 aliphatic heterocycles. The molecule has 0 saturated heterocycles. The molecule has 7 nitrogen and oxygen atoms in total. The fourth-order valence-electron chi connectivity index (χ4n) is 5.78. The van der Waals surface area contributed by atoms with Gasteiger partial charge in [0.15, 0.2) is 11.5 Å². The summed E-state index contributed by atoms with van der Waals surface area (Å²) in [7, 11) is 3.38.